The molecule has 0 fully saturated rings. The maximum absolute atomic E-state index is 12.2. The van der Waals surface area contributed by atoms with Gasteiger partial charge in [0.2, 0.25) is 0 Å². The number of hydrogen-bond donors (Lipinski definition) is 1. The Hall–Kier alpha value is -1.64. The summed E-state index contributed by atoms with van der Waals surface area (Å²) in [7, 11) is 0. The van der Waals surface area contributed by atoms with Crippen LogP contribution in [0.2, 0.25) is 0 Å². The lowest BCUT2D eigenvalue weighted by atomic mass is 10.1. The molecule has 0 saturated carbocycles. The van der Waals surface area contributed by atoms with Crippen LogP contribution < -0.4 is 5.32 Å². The van der Waals surface area contributed by atoms with Gasteiger partial charge >= 0.3 is 11.9 Å². The Bertz CT molecular complexity index is 544. The first-order chi connectivity index (χ1) is 11.0. The van der Waals surface area contributed by atoms with Crippen LogP contribution in [-0.2, 0) is 19.1 Å². The van der Waals surface area contributed by atoms with Crippen molar-refractivity contribution in [2.24, 2.45) is 0 Å². The third kappa shape index (κ3) is 6.98. The number of nitrogens with one attached hydrogen (secondary N) is 1. The minimum absolute atomic E-state index is 0.0320. The zero-order valence-electron chi connectivity index (χ0n) is 13.1. The van der Waals surface area contributed by atoms with Gasteiger partial charge in [0.1, 0.15) is 6.04 Å². The molecule has 0 radical (unpaired) electrons. The van der Waals surface area contributed by atoms with Crippen LogP contribution in [0.5, 0.6) is 0 Å². The maximum Gasteiger partial charge on any atom is 0.328 e. The fourth-order valence-electron chi connectivity index (χ4n) is 1.83. The van der Waals surface area contributed by atoms with Crippen LogP contribution in [0.3, 0.4) is 0 Å². The molecule has 0 aromatic heterocycles. The van der Waals surface area contributed by atoms with E-state index in [9.17, 15) is 14.4 Å². The molecule has 0 spiro atoms. The number of carbonyl (C=O) groups excluding carboxylic acids is 3. The van der Waals surface area contributed by atoms with E-state index < -0.39 is 18.0 Å². The second-order valence-corrected chi connectivity index (χ2v) is 5.87. The van der Waals surface area contributed by atoms with E-state index >= 15 is 0 Å². The average Bonchev–Trinajstić information content (AvgIpc) is 2.52. The van der Waals surface area contributed by atoms with Gasteiger partial charge in [0.15, 0.2) is 0 Å². The summed E-state index contributed by atoms with van der Waals surface area (Å²) in [6.45, 7) is 3.87. The molecule has 7 heteroatoms. The van der Waals surface area contributed by atoms with E-state index in [1.807, 2.05) is 0 Å². The number of hydrogen-bond acceptors (Lipinski definition) is 5. The summed E-state index contributed by atoms with van der Waals surface area (Å²) < 4.78 is 10.8. The Labute approximate surface area is 149 Å². The van der Waals surface area contributed by atoms with E-state index in [0.29, 0.717) is 5.56 Å². The lowest BCUT2D eigenvalue weighted by Crippen LogP contribution is -2.42. The Morgan fingerprint density at radius 1 is 1.09 bits per heavy atom. The molecule has 0 bridgehead atoms. The molecular weight excluding hydrogens is 413 g/mol. The lowest BCUT2D eigenvalue weighted by Gasteiger charge is -2.17. The van der Waals surface area contributed by atoms with Gasteiger partial charge in [-0.15, -0.1) is 0 Å². The molecular formula is C16H20INO5. The summed E-state index contributed by atoms with van der Waals surface area (Å²) in [6.07, 6.45) is 0.165. The normalized spacial score (nSPS) is 11.4. The summed E-state index contributed by atoms with van der Waals surface area (Å²) in [5, 5.41) is 2.61. The molecule has 0 unspecified atom stereocenters. The van der Waals surface area contributed by atoms with Gasteiger partial charge in [-0.1, -0.05) is 0 Å². The molecule has 1 aromatic carbocycles. The lowest BCUT2D eigenvalue weighted by molar-refractivity contribution is -0.146. The molecule has 0 heterocycles. The van der Waals surface area contributed by atoms with E-state index in [4.69, 9.17) is 9.47 Å². The minimum atomic E-state index is -0.883. The van der Waals surface area contributed by atoms with Crippen molar-refractivity contribution >= 4 is 40.4 Å². The van der Waals surface area contributed by atoms with Gasteiger partial charge in [0.05, 0.1) is 13.2 Å². The summed E-state index contributed by atoms with van der Waals surface area (Å²) in [4.78, 5) is 35.6. The first-order valence-electron chi connectivity index (χ1n) is 7.36. The molecule has 1 N–H and O–H groups in total. The zero-order valence-corrected chi connectivity index (χ0v) is 15.3. The number of esters is 2. The van der Waals surface area contributed by atoms with Gasteiger partial charge < -0.3 is 14.8 Å². The Morgan fingerprint density at radius 2 is 1.70 bits per heavy atom. The molecule has 6 nitrogen and oxygen atoms in total. The standard InChI is InChI=1S/C16H20INO5/c1-3-22-14(19)10-9-13(16(21)23-4-2)18-15(20)11-5-7-12(17)8-6-11/h5-8,13H,3-4,9-10H2,1-2H3,(H,18,20)/t13-/m0/s1. The van der Waals surface area contributed by atoms with E-state index in [1.165, 1.54) is 0 Å². The van der Waals surface area contributed by atoms with Crippen molar-refractivity contribution in [2.45, 2.75) is 32.7 Å². The molecule has 0 aliphatic carbocycles. The molecule has 1 atom stereocenters. The quantitative estimate of drug-likeness (QED) is 0.503. The van der Waals surface area contributed by atoms with Crippen LogP contribution >= 0.6 is 22.6 Å². The van der Waals surface area contributed by atoms with Gasteiger partial charge in [-0.3, -0.25) is 9.59 Å². The molecule has 0 aliphatic heterocycles. The molecule has 0 saturated heterocycles. The van der Waals surface area contributed by atoms with E-state index in [0.717, 1.165) is 3.57 Å². The van der Waals surface area contributed by atoms with Crippen molar-refractivity contribution in [1.29, 1.82) is 0 Å². The van der Waals surface area contributed by atoms with Gasteiger partial charge in [0.25, 0.3) is 5.91 Å². The highest BCUT2D eigenvalue weighted by Gasteiger charge is 2.23. The Kier molecular flexibility index (Phi) is 8.60. The molecule has 0 aliphatic rings. The monoisotopic (exact) mass is 433 g/mol. The van der Waals surface area contributed by atoms with Crippen molar-refractivity contribution in [3.63, 3.8) is 0 Å². The fourth-order valence-corrected chi connectivity index (χ4v) is 2.19. The average molecular weight is 433 g/mol. The maximum atomic E-state index is 12.2. The minimum Gasteiger partial charge on any atom is -0.466 e. The second-order valence-electron chi connectivity index (χ2n) is 4.63. The van der Waals surface area contributed by atoms with Gasteiger partial charge in [-0.2, -0.15) is 0 Å². The van der Waals surface area contributed by atoms with E-state index in [2.05, 4.69) is 27.9 Å². The third-order valence-corrected chi connectivity index (χ3v) is 3.64. The highest BCUT2D eigenvalue weighted by atomic mass is 127. The Balaban J connectivity index is 2.71. The molecule has 1 rings (SSSR count). The van der Waals surface area contributed by atoms with Crippen LogP contribution in [0.4, 0.5) is 0 Å². The predicted octanol–water partition coefficient (Wildman–Crippen LogP) is 2.30. The smallest absolute Gasteiger partial charge is 0.328 e. The number of halogens is 1. The zero-order chi connectivity index (χ0) is 17.2. The van der Waals surface area contributed by atoms with Crippen molar-refractivity contribution < 1.29 is 23.9 Å². The third-order valence-electron chi connectivity index (χ3n) is 2.93. The largest absolute Gasteiger partial charge is 0.466 e. The summed E-state index contributed by atoms with van der Waals surface area (Å²) in [6, 6.07) is 6.06. The van der Waals surface area contributed by atoms with Crippen molar-refractivity contribution in [2.75, 3.05) is 13.2 Å². The van der Waals surface area contributed by atoms with Crippen LogP contribution in [0.15, 0.2) is 24.3 Å². The predicted molar refractivity (Wildman–Crippen MR) is 92.9 cm³/mol. The molecule has 1 aromatic rings. The summed E-state index contributed by atoms with van der Waals surface area (Å²) in [5.74, 6) is -1.36. The number of ether oxygens (including phenoxy) is 2. The van der Waals surface area contributed by atoms with Crippen molar-refractivity contribution in [3.8, 4) is 0 Å². The molecule has 23 heavy (non-hydrogen) atoms. The van der Waals surface area contributed by atoms with Crippen molar-refractivity contribution in [1.82, 2.24) is 5.32 Å². The number of benzene rings is 1. The fraction of sp³-hybridized carbons (Fsp3) is 0.438. The SMILES string of the molecule is CCOC(=O)CC[C@H](NC(=O)c1ccc(I)cc1)C(=O)OCC. The first kappa shape index (κ1) is 19.4. The van der Waals surface area contributed by atoms with Crippen molar-refractivity contribution in [3.05, 3.63) is 33.4 Å². The van der Waals surface area contributed by atoms with Crippen LogP contribution in [0, 0.1) is 3.57 Å². The highest BCUT2D eigenvalue weighted by Crippen LogP contribution is 2.08. The highest BCUT2D eigenvalue weighted by molar-refractivity contribution is 14.1. The van der Waals surface area contributed by atoms with Gasteiger partial charge in [-0.05, 0) is 67.1 Å². The topological polar surface area (TPSA) is 81.7 Å². The number of carbonyl (C=O) groups is 3. The number of rotatable bonds is 8. The molecule has 126 valence electrons. The first-order valence-corrected chi connectivity index (χ1v) is 8.44. The second kappa shape index (κ2) is 10.2. The molecule has 1 amide bonds. The summed E-state index contributed by atoms with van der Waals surface area (Å²) >= 11 is 2.14. The van der Waals surface area contributed by atoms with E-state index in [-0.39, 0.29) is 32.0 Å². The van der Waals surface area contributed by atoms with Gasteiger partial charge in [-0.25, -0.2) is 4.79 Å². The summed E-state index contributed by atoms with van der Waals surface area (Å²) in [5.41, 5.74) is 0.441. The van der Waals surface area contributed by atoms with Crippen LogP contribution in [0.25, 0.3) is 0 Å². The Morgan fingerprint density at radius 3 is 2.26 bits per heavy atom. The van der Waals surface area contributed by atoms with Gasteiger partial charge in [0, 0.05) is 15.6 Å². The van der Waals surface area contributed by atoms with Crippen LogP contribution in [0.1, 0.15) is 37.0 Å². The van der Waals surface area contributed by atoms with Crippen LogP contribution in [-0.4, -0.2) is 37.1 Å². The van der Waals surface area contributed by atoms with E-state index in [1.54, 1.807) is 38.1 Å². The number of amides is 1.